The molecule has 2 unspecified atom stereocenters. The molecular weight excluding hydrogens is 356 g/mol. The highest BCUT2D eigenvalue weighted by molar-refractivity contribution is 5.57. The molecule has 0 aliphatic carbocycles. The average Bonchev–Trinajstić information content (AvgIpc) is 2.71. The third-order valence-corrected chi connectivity index (χ3v) is 6.37. The molecule has 166 valence electrons. The topological polar surface area (TPSA) is 29.5 Å². The minimum atomic E-state index is 0.252. The normalized spacial score (nSPS) is 13.7. The molecule has 2 atom stereocenters. The molecule has 0 aliphatic rings. The van der Waals surface area contributed by atoms with Gasteiger partial charge >= 0.3 is 0 Å². The van der Waals surface area contributed by atoms with Crippen LogP contribution in [0.5, 0.6) is 11.5 Å². The summed E-state index contributed by atoms with van der Waals surface area (Å²) < 4.78 is 5.77. The highest BCUT2D eigenvalue weighted by Crippen LogP contribution is 2.42. The quantitative estimate of drug-likeness (QED) is 0.319. The molecule has 0 aromatic heterocycles. The van der Waals surface area contributed by atoms with E-state index in [1.807, 2.05) is 0 Å². The van der Waals surface area contributed by atoms with Gasteiger partial charge in [-0.3, -0.25) is 0 Å². The Morgan fingerprint density at radius 2 is 1.55 bits per heavy atom. The van der Waals surface area contributed by atoms with Crippen LogP contribution in [0.1, 0.15) is 122 Å². The molecule has 1 aromatic rings. The number of ether oxygens (including phenoxy) is 1. The molecule has 0 heterocycles. The van der Waals surface area contributed by atoms with E-state index < -0.39 is 0 Å². The highest BCUT2D eigenvalue weighted by atomic mass is 16.5. The van der Waals surface area contributed by atoms with Crippen molar-refractivity contribution in [3.8, 4) is 11.5 Å². The van der Waals surface area contributed by atoms with E-state index in [0.717, 1.165) is 36.0 Å². The van der Waals surface area contributed by atoms with Crippen molar-refractivity contribution >= 4 is 0 Å². The fraction of sp³-hybridized carbons (Fsp3) is 0.741. The Morgan fingerprint density at radius 1 is 0.966 bits per heavy atom. The van der Waals surface area contributed by atoms with Gasteiger partial charge in [-0.25, -0.2) is 0 Å². The zero-order chi connectivity index (χ0) is 21.8. The third-order valence-electron chi connectivity index (χ3n) is 6.37. The molecule has 0 amide bonds. The van der Waals surface area contributed by atoms with Gasteiger partial charge in [-0.2, -0.15) is 0 Å². The van der Waals surface area contributed by atoms with Crippen LogP contribution < -0.4 is 4.74 Å². The predicted octanol–water partition coefficient (Wildman–Crippen LogP) is 8.32. The molecule has 1 aromatic carbocycles. The van der Waals surface area contributed by atoms with E-state index in [1.165, 1.54) is 44.9 Å². The van der Waals surface area contributed by atoms with Crippen LogP contribution in [0.4, 0.5) is 0 Å². The number of hydrogen-bond donors (Lipinski definition) is 1. The second kappa shape index (κ2) is 13.9. The summed E-state index contributed by atoms with van der Waals surface area (Å²) in [4.78, 5) is 0. The molecule has 2 nitrogen and oxygen atoms in total. The first-order valence-corrected chi connectivity index (χ1v) is 12.1. The zero-order valence-electron chi connectivity index (χ0n) is 20.2. The summed E-state index contributed by atoms with van der Waals surface area (Å²) in [7, 11) is 1.69. The second-order valence-corrected chi connectivity index (χ2v) is 8.95. The van der Waals surface area contributed by atoms with E-state index in [4.69, 9.17) is 4.74 Å². The van der Waals surface area contributed by atoms with Gasteiger partial charge < -0.3 is 9.84 Å². The largest absolute Gasteiger partial charge is 0.504 e. The van der Waals surface area contributed by atoms with Gasteiger partial charge in [-0.15, -0.1) is 0 Å². The molecule has 1 N–H and O–H groups in total. The molecule has 29 heavy (non-hydrogen) atoms. The number of unbranched alkanes of at least 4 members (excludes halogenated alkanes) is 2. The summed E-state index contributed by atoms with van der Waals surface area (Å²) in [6, 6.07) is 2.18. The van der Waals surface area contributed by atoms with Gasteiger partial charge in [0.1, 0.15) is 0 Å². The minimum Gasteiger partial charge on any atom is -0.504 e. The van der Waals surface area contributed by atoms with Crippen LogP contribution in [0.3, 0.4) is 0 Å². The van der Waals surface area contributed by atoms with Crippen LogP contribution in [-0.4, -0.2) is 12.2 Å². The number of aromatic hydroxyl groups is 1. The van der Waals surface area contributed by atoms with Crippen LogP contribution in [0.15, 0.2) is 6.07 Å². The number of benzene rings is 1. The summed E-state index contributed by atoms with van der Waals surface area (Å²) in [5.74, 6) is 2.56. The number of hydrogen-bond acceptors (Lipinski definition) is 2. The van der Waals surface area contributed by atoms with Crippen LogP contribution in [-0.2, 0) is 6.42 Å². The Kier molecular flexibility index (Phi) is 12.4. The van der Waals surface area contributed by atoms with Crippen molar-refractivity contribution in [2.75, 3.05) is 7.11 Å². The SMILES string of the molecule is CCCCC(CC)C[C]c1cc(C(C)C)c(O)c(OC)c1CC(CC)CCCC. The van der Waals surface area contributed by atoms with Crippen molar-refractivity contribution < 1.29 is 9.84 Å². The molecule has 0 saturated carbocycles. The molecule has 2 heteroatoms. The monoisotopic (exact) mass is 402 g/mol. The number of phenols is 1. The lowest BCUT2D eigenvalue weighted by atomic mass is 9.84. The number of rotatable bonds is 15. The summed E-state index contributed by atoms with van der Waals surface area (Å²) in [5.41, 5.74) is 3.28. The van der Waals surface area contributed by atoms with Gasteiger partial charge in [-0.1, -0.05) is 99.0 Å². The number of phenolic OH excluding ortho intramolecular Hbond substituents is 1. The lowest BCUT2D eigenvalue weighted by Crippen LogP contribution is -2.10. The summed E-state index contributed by atoms with van der Waals surface area (Å²) in [6.07, 6.45) is 15.6. The van der Waals surface area contributed by atoms with Gasteiger partial charge in [0.2, 0.25) is 0 Å². The lowest BCUT2D eigenvalue weighted by molar-refractivity contribution is 0.358. The summed E-state index contributed by atoms with van der Waals surface area (Å²) in [6.45, 7) is 13.3. The van der Waals surface area contributed by atoms with Crippen LogP contribution in [0.25, 0.3) is 0 Å². The standard InChI is InChI=1S/C27H46O2/c1-8-12-14-21(10-3)16-17-23-19-24(20(5)6)26(28)27(29-7)25(23)18-22(11-4)15-13-9-2/h19-22,28H,8-16,18H2,1-7H3. The van der Waals surface area contributed by atoms with Crippen LogP contribution in [0, 0.1) is 18.3 Å². The second-order valence-electron chi connectivity index (χ2n) is 8.95. The van der Waals surface area contributed by atoms with E-state index in [0.29, 0.717) is 23.3 Å². The molecule has 0 fully saturated rings. The average molecular weight is 403 g/mol. The Morgan fingerprint density at radius 3 is 2.03 bits per heavy atom. The number of methoxy groups -OCH3 is 1. The fourth-order valence-electron chi connectivity index (χ4n) is 4.16. The van der Waals surface area contributed by atoms with Crippen LogP contribution >= 0.6 is 0 Å². The Labute approximate surface area is 181 Å². The fourth-order valence-corrected chi connectivity index (χ4v) is 4.16. The highest BCUT2D eigenvalue weighted by Gasteiger charge is 2.23. The first-order valence-electron chi connectivity index (χ1n) is 12.1. The first-order chi connectivity index (χ1) is 13.9. The molecule has 0 aliphatic heterocycles. The van der Waals surface area contributed by atoms with Crippen molar-refractivity contribution in [1.82, 2.24) is 0 Å². The Bertz CT molecular complexity index is 576. The maximum atomic E-state index is 10.9. The molecule has 0 saturated heterocycles. The van der Waals surface area contributed by atoms with E-state index in [1.54, 1.807) is 7.11 Å². The smallest absolute Gasteiger partial charge is 0.164 e. The molecule has 1 rings (SSSR count). The van der Waals surface area contributed by atoms with Gasteiger partial charge in [0.15, 0.2) is 11.5 Å². The zero-order valence-corrected chi connectivity index (χ0v) is 20.2. The molecular formula is C27H46O2. The lowest BCUT2D eigenvalue weighted by Gasteiger charge is -2.24. The van der Waals surface area contributed by atoms with E-state index in [-0.39, 0.29) is 5.92 Å². The predicted molar refractivity (Wildman–Crippen MR) is 126 cm³/mol. The third kappa shape index (κ3) is 7.87. The van der Waals surface area contributed by atoms with Gasteiger partial charge in [0.05, 0.1) is 7.11 Å². The summed E-state index contributed by atoms with van der Waals surface area (Å²) >= 11 is 0. The maximum Gasteiger partial charge on any atom is 0.164 e. The molecule has 0 bridgehead atoms. The van der Waals surface area contributed by atoms with Gasteiger partial charge in [-0.05, 0) is 36.2 Å². The van der Waals surface area contributed by atoms with E-state index in [9.17, 15) is 5.11 Å². The van der Waals surface area contributed by atoms with Crippen molar-refractivity contribution in [2.45, 2.75) is 112 Å². The van der Waals surface area contributed by atoms with Crippen molar-refractivity contribution in [1.29, 1.82) is 0 Å². The maximum absolute atomic E-state index is 10.9. The Hall–Kier alpha value is -1.18. The summed E-state index contributed by atoms with van der Waals surface area (Å²) in [5, 5.41) is 10.9. The molecule has 2 radical (unpaired) electrons. The van der Waals surface area contributed by atoms with Crippen LogP contribution in [0.2, 0.25) is 0 Å². The van der Waals surface area contributed by atoms with Gasteiger partial charge in [0.25, 0.3) is 0 Å². The first kappa shape index (κ1) is 25.9. The van der Waals surface area contributed by atoms with E-state index in [2.05, 4.69) is 54.0 Å². The van der Waals surface area contributed by atoms with Crippen molar-refractivity contribution in [3.63, 3.8) is 0 Å². The minimum absolute atomic E-state index is 0.252. The van der Waals surface area contributed by atoms with Crippen molar-refractivity contribution in [3.05, 3.63) is 29.2 Å². The van der Waals surface area contributed by atoms with Crippen molar-refractivity contribution in [2.24, 2.45) is 11.8 Å². The Balaban J connectivity index is 3.24. The molecule has 0 spiro atoms. The van der Waals surface area contributed by atoms with Gasteiger partial charge in [0, 0.05) is 17.5 Å². The van der Waals surface area contributed by atoms with E-state index >= 15 is 0 Å².